The Morgan fingerprint density at radius 2 is 2.00 bits per heavy atom. The van der Waals surface area contributed by atoms with Gasteiger partial charge in [-0.15, -0.1) is 5.10 Å². The van der Waals surface area contributed by atoms with Gasteiger partial charge >= 0.3 is 0 Å². The number of carboxylic acid groups (broad SMARTS) is 1. The van der Waals surface area contributed by atoms with Gasteiger partial charge in [-0.2, -0.15) is 0 Å². The smallest absolute Gasteiger partial charge is 0.290 e. The summed E-state index contributed by atoms with van der Waals surface area (Å²) in [5, 5.41) is 38.8. The van der Waals surface area contributed by atoms with E-state index in [4.69, 9.17) is 9.90 Å². The van der Waals surface area contributed by atoms with Crippen LogP contribution in [-0.2, 0) is 22.7 Å². The molecule has 4 rings (SSSR count). The molecule has 2 aromatic heterocycles. The third-order valence-electron chi connectivity index (χ3n) is 6.39. The molecule has 0 radical (unpaired) electrons. The number of aliphatic hydroxyl groups is 2. The topological polar surface area (TPSA) is 154 Å². The van der Waals surface area contributed by atoms with Crippen molar-refractivity contribution in [2.75, 3.05) is 19.6 Å². The van der Waals surface area contributed by atoms with Gasteiger partial charge in [0, 0.05) is 56.6 Å². The van der Waals surface area contributed by atoms with Gasteiger partial charge < -0.3 is 20.6 Å². The second-order valence-corrected chi connectivity index (χ2v) is 8.31. The number of amides is 1. The van der Waals surface area contributed by atoms with Crippen LogP contribution in [0.5, 0.6) is 0 Å². The highest BCUT2D eigenvalue weighted by atomic mass is 16.3. The fourth-order valence-corrected chi connectivity index (χ4v) is 4.93. The second-order valence-electron chi connectivity index (χ2n) is 8.31. The Balaban J connectivity index is 0.000000913. The van der Waals surface area contributed by atoms with Crippen LogP contribution in [0.25, 0.3) is 0 Å². The van der Waals surface area contributed by atoms with Gasteiger partial charge in [-0.1, -0.05) is 18.2 Å². The monoisotopic (exact) mass is 446 g/mol. The zero-order valence-corrected chi connectivity index (χ0v) is 17.9. The van der Waals surface area contributed by atoms with Crippen LogP contribution in [0.1, 0.15) is 12.5 Å². The number of rotatable bonds is 6. The van der Waals surface area contributed by atoms with Gasteiger partial charge in [0.15, 0.2) is 0 Å². The molecule has 2 aliphatic rings. The lowest BCUT2D eigenvalue weighted by atomic mass is 9.65. The maximum atomic E-state index is 13.0. The highest BCUT2D eigenvalue weighted by molar-refractivity contribution is 5.79. The average molecular weight is 447 g/mol. The number of nitrogens with one attached hydrogen (secondary N) is 1. The lowest BCUT2D eigenvalue weighted by Gasteiger charge is -2.43. The molecule has 1 saturated heterocycles. The van der Waals surface area contributed by atoms with Crippen LogP contribution in [0.2, 0.25) is 0 Å². The first-order valence-corrected chi connectivity index (χ1v) is 10.6. The van der Waals surface area contributed by atoms with Crippen LogP contribution in [0.15, 0.2) is 36.9 Å². The Morgan fingerprint density at radius 3 is 2.66 bits per heavy atom. The third-order valence-corrected chi connectivity index (χ3v) is 6.39. The van der Waals surface area contributed by atoms with E-state index in [1.54, 1.807) is 23.3 Å². The van der Waals surface area contributed by atoms with Gasteiger partial charge in [-0.3, -0.25) is 24.2 Å². The van der Waals surface area contributed by atoms with Crippen molar-refractivity contribution in [2.24, 2.45) is 23.7 Å². The van der Waals surface area contributed by atoms with Crippen LogP contribution in [0, 0.1) is 23.7 Å². The maximum absolute atomic E-state index is 13.0. The molecule has 11 nitrogen and oxygen atoms in total. The minimum Gasteiger partial charge on any atom is -0.483 e. The van der Waals surface area contributed by atoms with Crippen molar-refractivity contribution in [3.8, 4) is 0 Å². The second kappa shape index (κ2) is 11.1. The molecule has 1 aliphatic carbocycles. The number of hydrogen-bond donors (Lipinski definition) is 4. The van der Waals surface area contributed by atoms with E-state index in [0.717, 1.165) is 18.7 Å². The Morgan fingerprint density at radius 1 is 1.25 bits per heavy atom. The van der Waals surface area contributed by atoms with Gasteiger partial charge in [0.05, 0.1) is 24.9 Å². The van der Waals surface area contributed by atoms with Gasteiger partial charge in [0.25, 0.3) is 6.47 Å². The van der Waals surface area contributed by atoms with E-state index < -0.39 is 12.2 Å². The molecule has 1 aliphatic heterocycles. The molecule has 11 heteroatoms. The number of aliphatic hydroxyl groups excluding tert-OH is 2. The highest BCUT2D eigenvalue weighted by Gasteiger charge is 2.53. The lowest BCUT2D eigenvalue weighted by molar-refractivity contribution is -0.145. The molecule has 174 valence electrons. The number of nitrogens with zero attached hydrogens (tertiary/aromatic N) is 5. The van der Waals surface area contributed by atoms with Crippen molar-refractivity contribution in [2.45, 2.75) is 32.2 Å². The first-order chi connectivity index (χ1) is 15.5. The average Bonchev–Trinajstić information content (AvgIpc) is 3.44. The van der Waals surface area contributed by atoms with Crippen LogP contribution in [0.4, 0.5) is 0 Å². The number of carbonyl (C=O) groups excluding carboxylic acids is 1. The lowest BCUT2D eigenvalue weighted by Crippen LogP contribution is -2.55. The number of pyridine rings is 1. The summed E-state index contributed by atoms with van der Waals surface area (Å²) in [6.07, 6.45) is 5.22. The quantitative estimate of drug-likeness (QED) is 0.419. The highest BCUT2D eigenvalue weighted by Crippen LogP contribution is 2.44. The fraction of sp³-hybridized carbons (Fsp3) is 0.571. The molecule has 1 amide bonds. The molecule has 1 saturated carbocycles. The largest absolute Gasteiger partial charge is 0.483 e. The van der Waals surface area contributed by atoms with Crippen LogP contribution in [-0.4, -0.2) is 84.4 Å². The summed E-state index contributed by atoms with van der Waals surface area (Å²) < 4.78 is 1.66. The normalized spacial score (nSPS) is 29.5. The first kappa shape index (κ1) is 23.8. The van der Waals surface area contributed by atoms with Crippen molar-refractivity contribution < 1.29 is 24.9 Å². The molecule has 0 unspecified atom stereocenters. The van der Waals surface area contributed by atoms with E-state index in [-0.39, 0.29) is 36.1 Å². The number of likely N-dealkylation sites (tertiary alicyclic amines) is 1. The summed E-state index contributed by atoms with van der Waals surface area (Å²) in [4.78, 5) is 27.8. The molecule has 2 fully saturated rings. The van der Waals surface area contributed by atoms with Gasteiger partial charge in [0.2, 0.25) is 5.91 Å². The van der Waals surface area contributed by atoms with E-state index in [9.17, 15) is 15.0 Å². The third kappa shape index (κ3) is 5.47. The summed E-state index contributed by atoms with van der Waals surface area (Å²) in [7, 11) is 0. The molecule has 2 aromatic rings. The molecular formula is C21H30N6O5. The van der Waals surface area contributed by atoms with E-state index >= 15 is 0 Å². The molecule has 4 N–H and O–H groups in total. The van der Waals surface area contributed by atoms with Gasteiger partial charge in [-0.25, -0.2) is 0 Å². The summed E-state index contributed by atoms with van der Waals surface area (Å²) in [5.74, 6) is -0.832. The zero-order chi connectivity index (χ0) is 23.1. The summed E-state index contributed by atoms with van der Waals surface area (Å²) in [5.41, 5.74) is 1.10. The molecule has 0 spiro atoms. The summed E-state index contributed by atoms with van der Waals surface area (Å²) in [6, 6.07) is 3.93. The number of hydrogen-bond acceptors (Lipinski definition) is 8. The predicted molar refractivity (Wildman–Crippen MR) is 113 cm³/mol. The van der Waals surface area contributed by atoms with Crippen molar-refractivity contribution in [1.82, 2.24) is 30.2 Å². The molecular weight excluding hydrogens is 416 g/mol. The Bertz CT molecular complexity index is 852. The molecule has 0 bridgehead atoms. The Labute approximate surface area is 186 Å². The molecule has 32 heavy (non-hydrogen) atoms. The van der Waals surface area contributed by atoms with E-state index in [1.165, 1.54) is 0 Å². The Hall–Kier alpha value is -2.89. The van der Waals surface area contributed by atoms with E-state index in [0.29, 0.717) is 19.6 Å². The Kier molecular flexibility index (Phi) is 8.26. The van der Waals surface area contributed by atoms with Crippen molar-refractivity contribution in [3.63, 3.8) is 0 Å². The summed E-state index contributed by atoms with van der Waals surface area (Å²) in [6.45, 7) is 4.69. The minimum absolute atomic E-state index is 0.00596. The number of aromatic nitrogens is 4. The predicted octanol–water partition coefficient (Wildman–Crippen LogP) is -0.774. The van der Waals surface area contributed by atoms with Gasteiger partial charge in [-0.05, 0) is 23.5 Å². The number of fused-ring (bicyclic) bond motifs is 1. The SMILES string of the molecule is C[C@H]1[C@H](O)[C@@H](O)[C@H]2CN(Cc3cccnc3)C[C@@H]2[C@H]1C(=O)NCCn1ccnn1.O=CO. The molecule has 0 aromatic carbocycles. The van der Waals surface area contributed by atoms with E-state index in [2.05, 4.69) is 25.5 Å². The fourth-order valence-electron chi connectivity index (χ4n) is 4.93. The van der Waals surface area contributed by atoms with Crippen molar-refractivity contribution in [1.29, 1.82) is 0 Å². The van der Waals surface area contributed by atoms with Crippen LogP contribution < -0.4 is 5.32 Å². The standard InChI is InChI=1S/C20H28N6O3.CH2O2/c1-13-17(20(29)22-5-7-26-8-6-23-24-26)15-11-25(10-14-3-2-4-21-9-14)12-16(15)19(28)18(13)27;2-1-3/h2-4,6,8-9,13,15-19,27-28H,5,7,10-12H2,1H3,(H,22,29);1H,(H,2,3)/t13-,15+,16+,17+,18+,19+;/m1./s1. The van der Waals surface area contributed by atoms with Crippen LogP contribution >= 0.6 is 0 Å². The maximum Gasteiger partial charge on any atom is 0.290 e. The zero-order valence-electron chi connectivity index (χ0n) is 17.9. The van der Waals surface area contributed by atoms with Crippen LogP contribution in [0.3, 0.4) is 0 Å². The van der Waals surface area contributed by atoms with Crippen molar-refractivity contribution in [3.05, 3.63) is 42.5 Å². The minimum atomic E-state index is -0.902. The number of carbonyl (C=O) groups is 2. The molecule has 6 atom stereocenters. The molecule has 3 heterocycles. The van der Waals surface area contributed by atoms with E-state index in [1.807, 2.05) is 25.3 Å². The van der Waals surface area contributed by atoms with Crippen molar-refractivity contribution >= 4 is 12.4 Å². The summed E-state index contributed by atoms with van der Waals surface area (Å²) >= 11 is 0. The first-order valence-electron chi connectivity index (χ1n) is 10.6. The van der Waals surface area contributed by atoms with Gasteiger partial charge in [0.1, 0.15) is 0 Å².